The molecule has 0 spiro atoms. The molecule has 0 aromatic heterocycles. The van der Waals surface area contributed by atoms with Crippen LogP contribution in [0.15, 0.2) is 0 Å². The summed E-state index contributed by atoms with van der Waals surface area (Å²) in [6.45, 7) is 7.65. The van der Waals surface area contributed by atoms with E-state index in [1.54, 1.807) is 7.05 Å². The molecule has 0 aliphatic heterocycles. The van der Waals surface area contributed by atoms with Crippen molar-refractivity contribution in [2.75, 3.05) is 13.6 Å². The molecule has 0 saturated heterocycles. The van der Waals surface area contributed by atoms with Gasteiger partial charge in [0.25, 0.3) is 0 Å². The van der Waals surface area contributed by atoms with E-state index in [4.69, 9.17) is 0 Å². The molecule has 1 N–H and O–H groups in total. The third kappa shape index (κ3) is 5.20. The van der Waals surface area contributed by atoms with E-state index in [-0.39, 0.29) is 24.4 Å². The quantitative estimate of drug-likeness (QED) is 0.740. The largest absolute Gasteiger partial charge is 0.352 e. The zero-order valence-corrected chi connectivity index (χ0v) is 13.3. The van der Waals surface area contributed by atoms with Crippen molar-refractivity contribution < 1.29 is 9.59 Å². The molecule has 5 nitrogen and oxygen atoms in total. The first-order chi connectivity index (χ1) is 9.32. The van der Waals surface area contributed by atoms with E-state index < -0.39 is 5.41 Å². The summed E-state index contributed by atoms with van der Waals surface area (Å²) in [6, 6.07) is 2.23. The van der Waals surface area contributed by atoms with Gasteiger partial charge < -0.3 is 10.2 Å². The molecule has 0 fully saturated rings. The Hall–Kier alpha value is -1.57. The van der Waals surface area contributed by atoms with Crippen LogP contribution >= 0.6 is 0 Å². The molecule has 2 amide bonds. The maximum absolute atomic E-state index is 12.5. The van der Waals surface area contributed by atoms with E-state index in [1.807, 2.05) is 27.7 Å². The van der Waals surface area contributed by atoms with Crippen molar-refractivity contribution in [3.8, 4) is 6.07 Å². The number of carbonyl (C=O) groups excluding carboxylic acids is 2. The van der Waals surface area contributed by atoms with Crippen LogP contribution in [0.25, 0.3) is 0 Å². The minimum atomic E-state index is -0.990. The first kappa shape index (κ1) is 18.4. The molecular weight excluding hydrogens is 254 g/mol. The summed E-state index contributed by atoms with van der Waals surface area (Å²) in [4.78, 5) is 25.6. The van der Waals surface area contributed by atoms with Crippen molar-refractivity contribution in [1.82, 2.24) is 10.2 Å². The normalized spacial score (nSPS) is 11.1. The number of nitriles is 1. The molecule has 0 saturated carbocycles. The Morgan fingerprint density at radius 2 is 1.75 bits per heavy atom. The highest BCUT2D eigenvalue weighted by atomic mass is 16.2. The molecule has 0 heterocycles. The van der Waals surface area contributed by atoms with Gasteiger partial charge in [-0.3, -0.25) is 9.59 Å². The van der Waals surface area contributed by atoms with E-state index in [0.717, 1.165) is 12.8 Å². The second-order valence-electron chi connectivity index (χ2n) is 5.58. The van der Waals surface area contributed by atoms with Crippen molar-refractivity contribution in [2.45, 2.75) is 59.4 Å². The molecule has 114 valence electrons. The average Bonchev–Trinajstić information content (AvgIpc) is 2.36. The number of nitrogens with one attached hydrogen (secondary N) is 1. The van der Waals surface area contributed by atoms with E-state index in [2.05, 4.69) is 11.4 Å². The molecular formula is C15H27N3O2. The van der Waals surface area contributed by atoms with E-state index in [1.165, 1.54) is 4.90 Å². The number of hydrogen-bond acceptors (Lipinski definition) is 3. The lowest BCUT2D eigenvalue weighted by Crippen LogP contribution is -2.46. The topological polar surface area (TPSA) is 73.2 Å². The predicted octanol–water partition coefficient (Wildman–Crippen LogP) is 2.08. The summed E-state index contributed by atoms with van der Waals surface area (Å²) in [5.41, 5.74) is -0.990. The fraction of sp³-hybridized carbons (Fsp3) is 0.800. The molecule has 0 aromatic rings. The smallest absolute Gasteiger partial charge is 0.243 e. The van der Waals surface area contributed by atoms with Crippen LogP contribution in [0.1, 0.15) is 53.4 Å². The zero-order valence-electron chi connectivity index (χ0n) is 13.3. The Bertz CT molecular complexity index is 366. The van der Waals surface area contributed by atoms with Gasteiger partial charge in [0.2, 0.25) is 11.8 Å². The van der Waals surface area contributed by atoms with Crippen LogP contribution in [0.4, 0.5) is 0 Å². The van der Waals surface area contributed by atoms with Crippen LogP contribution in [0.2, 0.25) is 0 Å². The Labute approximate surface area is 122 Å². The van der Waals surface area contributed by atoms with Crippen molar-refractivity contribution in [1.29, 1.82) is 5.26 Å². The van der Waals surface area contributed by atoms with Gasteiger partial charge in [-0.25, -0.2) is 0 Å². The van der Waals surface area contributed by atoms with Crippen molar-refractivity contribution in [2.24, 2.45) is 5.41 Å². The lowest BCUT2D eigenvalue weighted by molar-refractivity contribution is -0.141. The van der Waals surface area contributed by atoms with Crippen LogP contribution in [-0.4, -0.2) is 36.3 Å². The summed E-state index contributed by atoms with van der Waals surface area (Å²) in [7, 11) is 1.58. The van der Waals surface area contributed by atoms with Crippen LogP contribution in [0.3, 0.4) is 0 Å². The minimum Gasteiger partial charge on any atom is -0.352 e. The van der Waals surface area contributed by atoms with Crippen LogP contribution < -0.4 is 5.32 Å². The van der Waals surface area contributed by atoms with Gasteiger partial charge in [0.05, 0.1) is 12.6 Å². The van der Waals surface area contributed by atoms with Gasteiger partial charge in [0, 0.05) is 13.1 Å². The summed E-state index contributed by atoms with van der Waals surface area (Å²) in [5.74, 6) is -0.446. The molecule has 0 rings (SSSR count). The van der Waals surface area contributed by atoms with Gasteiger partial charge >= 0.3 is 0 Å². The van der Waals surface area contributed by atoms with Crippen LogP contribution in [0, 0.1) is 16.7 Å². The molecule has 5 heteroatoms. The summed E-state index contributed by atoms with van der Waals surface area (Å²) in [6.07, 6.45) is 2.61. The number of likely N-dealkylation sites (N-methyl/N-ethyl adjacent to an activating group) is 1. The van der Waals surface area contributed by atoms with Gasteiger partial charge in [0.15, 0.2) is 0 Å². The Morgan fingerprint density at radius 3 is 2.10 bits per heavy atom. The number of amides is 2. The van der Waals surface area contributed by atoms with E-state index in [9.17, 15) is 14.9 Å². The molecule has 0 radical (unpaired) electrons. The summed E-state index contributed by atoms with van der Waals surface area (Å²) < 4.78 is 0. The SMILES string of the molecule is CCCC(C#N)(CCC)C(=O)N(C)CC(=O)NC(C)C. The first-order valence-corrected chi connectivity index (χ1v) is 7.29. The van der Waals surface area contributed by atoms with Crippen molar-refractivity contribution >= 4 is 11.8 Å². The lowest BCUT2D eigenvalue weighted by Gasteiger charge is -2.29. The van der Waals surface area contributed by atoms with Crippen molar-refractivity contribution in [3.63, 3.8) is 0 Å². The third-order valence-electron chi connectivity index (χ3n) is 3.15. The molecule has 0 aliphatic rings. The fourth-order valence-corrected chi connectivity index (χ4v) is 2.37. The molecule has 0 aliphatic carbocycles. The van der Waals surface area contributed by atoms with Gasteiger partial charge in [-0.15, -0.1) is 0 Å². The minimum absolute atomic E-state index is 0.00608. The first-order valence-electron chi connectivity index (χ1n) is 7.29. The number of rotatable bonds is 8. The Balaban J connectivity index is 4.89. The Morgan fingerprint density at radius 1 is 1.25 bits per heavy atom. The monoisotopic (exact) mass is 281 g/mol. The van der Waals surface area contributed by atoms with Gasteiger partial charge in [-0.2, -0.15) is 5.26 Å². The second-order valence-corrected chi connectivity index (χ2v) is 5.58. The molecule has 20 heavy (non-hydrogen) atoms. The third-order valence-corrected chi connectivity index (χ3v) is 3.15. The molecule has 0 aromatic carbocycles. The van der Waals surface area contributed by atoms with Crippen molar-refractivity contribution in [3.05, 3.63) is 0 Å². The maximum Gasteiger partial charge on any atom is 0.243 e. The van der Waals surface area contributed by atoms with E-state index in [0.29, 0.717) is 12.8 Å². The highest BCUT2D eigenvalue weighted by Crippen LogP contribution is 2.31. The van der Waals surface area contributed by atoms with Gasteiger partial charge in [-0.1, -0.05) is 26.7 Å². The fourth-order valence-electron chi connectivity index (χ4n) is 2.37. The van der Waals surface area contributed by atoms with Gasteiger partial charge in [0.1, 0.15) is 5.41 Å². The lowest BCUT2D eigenvalue weighted by atomic mass is 9.79. The number of carbonyl (C=O) groups is 2. The number of hydrogen-bond donors (Lipinski definition) is 1. The predicted molar refractivity (Wildman–Crippen MR) is 78.8 cm³/mol. The van der Waals surface area contributed by atoms with Crippen LogP contribution in [-0.2, 0) is 9.59 Å². The average molecular weight is 281 g/mol. The standard InChI is InChI=1S/C15H27N3O2/c1-6-8-15(11-16,9-7-2)14(20)18(5)10-13(19)17-12(3)4/h12H,6-10H2,1-5H3,(H,17,19). The molecule has 0 unspecified atom stereocenters. The highest BCUT2D eigenvalue weighted by molar-refractivity contribution is 5.89. The summed E-state index contributed by atoms with van der Waals surface area (Å²) >= 11 is 0. The zero-order chi connectivity index (χ0) is 15.8. The van der Waals surface area contributed by atoms with E-state index >= 15 is 0 Å². The second kappa shape index (κ2) is 8.57. The number of nitrogens with zero attached hydrogens (tertiary/aromatic N) is 2. The van der Waals surface area contributed by atoms with Gasteiger partial charge in [-0.05, 0) is 26.7 Å². The Kier molecular flexibility index (Phi) is 7.90. The van der Waals surface area contributed by atoms with Crippen LogP contribution in [0.5, 0.6) is 0 Å². The maximum atomic E-state index is 12.5. The summed E-state index contributed by atoms with van der Waals surface area (Å²) in [5, 5.41) is 12.2. The molecule has 0 atom stereocenters. The highest BCUT2D eigenvalue weighted by Gasteiger charge is 2.39. The molecule has 0 bridgehead atoms.